The Hall–Kier alpha value is -3.92. The summed E-state index contributed by atoms with van der Waals surface area (Å²) < 4.78 is 11.0. The largest absolute Gasteiger partial charge is 0.463 e. The number of carbonyl (C=O) groups is 1. The highest BCUT2D eigenvalue weighted by Gasteiger charge is 2.26. The number of piperidine rings is 1. The summed E-state index contributed by atoms with van der Waals surface area (Å²) in [4.78, 5) is 31.6. The SMILES string of the molecule is CC1CCN(c2ccc(C(=O)Nc3nc(-c4ccco4)c(-c4ccco4)s3)cc2[N+](=O)[O-])CC1. The lowest BCUT2D eigenvalue weighted by atomic mass is 9.98. The molecule has 1 amide bonds. The van der Waals surface area contributed by atoms with Gasteiger partial charge in [-0.15, -0.1) is 0 Å². The Morgan fingerprint density at radius 2 is 1.85 bits per heavy atom. The number of nitro benzene ring substituents is 1. The Bertz CT molecular complexity index is 1250. The van der Waals surface area contributed by atoms with Crippen LogP contribution in [0.15, 0.2) is 63.8 Å². The van der Waals surface area contributed by atoms with Gasteiger partial charge in [0.2, 0.25) is 0 Å². The molecule has 0 saturated carbocycles. The zero-order chi connectivity index (χ0) is 23.7. The van der Waals surface area contributed by atoms with E-state index in [1.54, 1.807) is 48.9 Å². The summed E-state index contributed by atoms with van der Waals surface area (Å²) in [5.41, 5.74) is 1.20. The predicted molar refractivity (Wildman–Crippen MR) is 129 cm³/mol. The molecule has 5 rings (SSSR count). The normalized spacial score (nSPS) is 14.3. The number of aromatic nitrogens is 1. The summed E-state index contributed by atoms with van der Waals surface area (Å²) >= 11 is 1.24. The number of rotatable bonds is 6. The number of nitrogens with one attached hydrogen (secondary N) is 1. The molecule has 0 aliphatic carbocycles. The molecular weight excluding hydrogens is 456 g/mol. The van der Waals surface area contributed by atoms with Gasteiger partial charge in [0.1, 0.15) is 22.0 Å². The van der Waals surface area contributed by atoms with E-state index < -0.39 is 10.8 Å². The summed E-state index contributed by atoms with van der Waals surface area (Å²) in [6.07, 6.45) is 5.07. The number of hydrogen-bond acceptors (Lipinski definition) is 8. The molecular formula is C24H22N4O5S. The topological polar surface area (TPSA) is 115 Å². The van der Waals surface area contributed by atoms with Crippen molar-refractivity contribution in [1.29, 1.82) is 0 Å². The number of nitrogens with zero attached hydrogens (tertiary/aromatic N) is 3. The monoisotopic (exact) mass is 478 g/mol. The number of carbonyl (C=O) groups excluding carboxylic acids is 1. The van der Waals surface area contributed by atoms with Gasteiger partial charge >= 0.3 is 0 Å². The third-order valence-corrected chi connectivity index (χ3v) is 6.89. The maximum atomic E-state index is 13.0. The summed E-state index contributed by atoms with van der Waals surface area (Å²) in [6.45, 7) is 3.71. The van der Waals surface area contributed by atoms with Crippen LogP contribution in [0.4, 0.5) is 16.5 Å². The Labute approximate surface area is 199 Å². The first kappa shape index (κ1) is 21.9. The van der Waals surface area contributed by atoms with Crippen molar-refractivity contribution in [2.75, 3.05) is 23.3 Å². The molecule has 1 fully saturated rings. The number of anilines is 2. The molecule has 174 valence electrons. The van der Waals surface area contributed by atoms with E-state index in [0.29, 0.717) is 38.8 Å². The second-order valence-electron chi connectivity index (χ2n) is 8.24. The van der Waals surface area contributed by atoms with E-state index in [2.05, 4.69) is 17.2 Å². The van der Waals surface area contributed by atoms with Crippen molar-refractivity contribution in [3.63, 3.8) is 0 Å². The lowest BCUT2D eigenvalue weighted by molar-refractivity contribution is -0.384. The van der Waals surface area contributed by atoms with Crippen molar-refractivity contribution < 1.29 is 18.6 Å². The minimum absolute atomic E-state index is 0.0751. The fourth-order valence-corrected chi connectivity index (χ4v) is 4.96. The lowest BCUT2D eigenvalue weighted by Crippen LogP contribution is -2.33. The second kappa shape index (κ2) is 9.14. The van der Waals surface area contributed by atoms with Crippen molar-refractivity contribution in [2.24, 2.45) is 5.92 Å². The first-order valence-electron chi connectivity index (χ1n) is 10.9. The van der Waals surface area contributed by atoms with Gasteiger partial charge in [-0.3, -0.25) is 20.2 Å². The van der Waals surface area contributed by atoms with Crippen LogP contribution in [-0.2, 0) is 0 Å². The number of amides is 1. The average molecular weight is 479 g/mol. The van der Waals surface area contributed by atoms with Crippen LogP contribution in [0.3, 0.4) is 0 Å². The van der Waals surface area contributed by atoms with Crippen LogP contribution in [0.2, 0.25) is 0 Å². The van der Waals surface area contributed by atoms with E-state index in [9.17, 15) is 14.9 Å². The van der Waals surface area contributed by atoms with Crippen molar-refractivity contribution in [2.45, 2.75) is 19.8 Å². The molecule has 1 aliphatic rings. The minimum Gasteiger partial charge on any atom is -0.463 e. The summed E-state index contributed by atoms with van der Waals surface area (Å²) in [5, 5.41) is 14.9. The van der Waals surface area contributed by atoms with Gasteiger partial charge in [0.15, 0.2) is 10.9 Å². The Kier molecular flexibility index (Phi) is 5.89. The molecule has 1 aliphatic heterocycles. The zero-order valence-electron chi connectivity index (χ0n) is 18.4. The summed E-state index contributed by atoms with van der Waals surface area (Å²) in [7, 11) is 0. The molecule has 0 unspecified atom stereocenters. The van der Waals surface area contributed by atoms with Gasteiger partial charge in [0.05, 0.1) is 17.4 Å². The van der Waals surface area contributed by atoms with Crippen molar-refractivity contribution in [1.82, 2.24) is 4.98 Å². The minimum atomic E-state index is -0.479. The molecule has 1 saturated heterocycles. The molecule has 10 heteroatoms. The van der Waals surface area contributed by atoms with Crippen molar-refractivity contribution in [3.05, 3.63) is 70.7 Å². The number of furan rings is 2. The number of benzene rings is 1. The maximum Gasteiger partial charge on any atom is 0.293 e. The molecule has 9 nitrogen and oxygen atoms in total. The lowest BCUT2D eigenvalue weighted by Gasteiger charge is -2.31. The van der Waals surface area contributed by atoms with E-state index in [-0.39, 0.29) is 11.3 Å². The molecule has 1 N–H and O–H groups in total. The van der Waals surface area contributed by atoms with E-state index in [1.807, 2.05) is 4.90 Å². The predicted octanol–water partition coefficient (Wildman–Crippen LogP) is 6.06. The molecule has 0 spiro atoms. The smallest absolute Gasteiger partial charge is 0.293 e. The van der Waals surface area contributed by atoms with Crippen LogP contribution >= 0.6 is 11.3 Å². The molecule has 4 aromatic rings. The fourth-order valence-electron chi connectivity index (χ4n) is 4.03. The Morgan fingerprint density at radius 3 is 2.50 bits per heavy atom. The van der Waals surface area contributed by atoms with Gasteiger partial charge in [0.25, 0.3) is 11.6 Å². The standard InChI is InChI=1S/C24H22N4O5S/c1-15-8-10-27(11-9-15)17-7-6-16(14-18(17)28(30)31)23(29)26-24-25-21(19-4-2-12-32-19)22(34-24)20-5-3-13-33-20/h2-7,12-15H,8-11H2,1H3,(H,25,26,29). The van der Waals surface area contributed by atoms with E-state index in [1.165, 1.54) is 17.4 Å². The molecule has 34 heavy (non-hydrogen) atoms. The van der Waals surface area contributed by atoms with Gasteiger partial charge in [-0.25, -0.2) is 4.98 Å². The Morgan fingerprint density at radius 1 is 1.15 bits per heavy atom. The van der Waals surface area contributed by atoms with Crippen LogP contribution in [0.25, 0.3) is 22.1 Å². The second-order valence-corrected chi connectivity index (χ2v) is 9.23. The summed E-state index contributed by atoms with van der Waals surface area (Å²) in [5.74, 6) is 1.27. The quantitative estimate of drug-likeness (QED) is 0.264. The molecule has 4 heterocycles. The highest BCUT2D eigenvalue weighted by Crippen LogP contribution is 2.40. The molecule has 0 atom stereocenters. The number of thiazole rings is 1. The van der Waals surface area contributed by atoms with Crippen LogP contribution in [-0.4, -0.2) is 28.9 Å². The average Bonchev–Trinajstić information content (AvgIpc) is 3.60. The van der Waals surface area contributed by atoms with Crippen molar-refractivity contribution >= 4 is 33.8 Å². The highest BCUT2D eigenvalue weighted by molar-refractivity contribution is 7.19. The van der Waals surface area contributed by atoms with E-state index in [0.717, 1.165) is 25.9 Å². The molecule has 3 aromatic heterocycles. The van der Waals surface area contributed by atoms with Crippen LogP contribution < -0.4 is 10.2 Å². The maximum absolute atomic E-state index is 13.0. The third kappa shape index (κ3) is 4.32. The molecule has 1 aromatic carbocycles. The van der Waals surface area contributed by atoms with Crippen LogP contribution in [0, 0.1) is 16.0 Å². The zero-order valence-corrected chi connectivity index (χ0v) is 19.2. The first-order chi connectivity index (χ1) is 16.5. The van der Waals surface area contributed by atoms with Crippen LogP contribution in [0.5, 0.6) is 0 Å². The third-order valence-electron chi connectivity index (χ3n) is 5.91. The number of hydrogen-bond donors (Lipinski definition) is 1. The molecule has 0 radical (unpaired) electrons. The molecule has 0 bridgehead atoms. The fraction of sp³-hybridized carbons (Fsp3) is 0.250. The first-order valence-corrected chi connectivity index (χ1v) is 11.7. The van der Waals surface area contributed by atoms with Crippen LogP contribution in [0.1, 0.15) is 30.1 Å². The van der Waals surface area contributed by atoms with Gasteiger partial charge in [-0.1, -0.05) is 18.3 Å². The van der Waals surface area contributed by atoms with Gasteiger partial charge in [-0.05, 0) is 55.2 Å². The number of nitro groups is 1. The Balaban J connectivity index is 1.42. The van der Waals surface area contributed by atoms with Gasteiger partial charge < -0.3 is 13.7 Å². The van der Waals surface area contributed by atoms with Gasteiger partial charge in [0, 0.05) is 24.7 Å². The van der Waals surface area contributed by atoms with Gasteiger partial charge in [-0.2, -0.15) is 0 Å². The van der Waals surface area contributed by atoms with E-state index >= 15 is 0 Å². The van der Waals surface area contributed by atoms with Crippen molar-refractivity contribution in [3.8, 4) is 22.1 Å². The van der Waals surface area contributed by atoms with E-state index in [4.69, 9.17) is 8.83 Å². The highest BCUT2D eigenvalue weighted by atomic mass is 32.1. The summed E-state index contributed by atoms with van der Waals surface area (Å²) in [6, 6.07) is 11.7.